The maximum absolute atomic E-state index is 12.8. The first kappa shape index (κ1) is 29.0. The molecule has 42 heavy (non-hydrogen) atoms. The summed E-state index contributed by atoms with van der Waals surface area (Å²) in [6.45, 7) is 6.95. The molecule has 3 atom stereocenters. The number of para-hydroxylation sites is 1. The van der Waals surface area contributed by atoms with Gasteiger partial charge in [0.2, 0.25) is 5.60 Å². The van der Waals surface area contributed by atoms with Crippen molar-refractivity contribution in [2.24, 2.45) is 0 Å². The predicted octanol–water partition coefficient (Wildman–Crippen LogP) is 6.71. The number of nitrogens with zero attached hydrogens (tertiary/aromatic N) is 1. The molecule has 0 bridgehead atoms. The standard InChI is InChI=1S/C35H38N2O5/c1-4-40-33(38)35(3,42-32-12-6-5-7-13-32)23-26-14-18-31(19-15-26)41-21-20-30-24-36-34(39)37(30)25(2)28-17-16-27-10-8-9-11-29(27)22-28/h5-19,22,25,30H,4,20-21,23-24H2,1-3H3,(H,36,39). The van der Waals surface area contributed by atoms with E-state index in [4.69, 9.17) is 14.2 Å². The average molecular weight is 567 g/mol. The summed E-state index contributed by atoms with van der Waals surface area (Å²) in [6.07, 6.45) is 1.04. The normalized spacial score (nSPS) is 16.9. The van der Waals surface area contributed by atoms with Crippen molar-refractivity contribution < 1.29 is 23.8 Å². The molecule has 1 fully saturated rings. The summed E-state index contributed by atoms with van der Waals surface area (Å²) < 4.78 is 17.5. The van der Waals surface area contributed by atoms with Gasteiger partial charge in [-0.25, -0.2) is 9.59 Å². The van der Waals surface area contributed by atoms with Gasteiger partial charge < -0.3 is 24.4 Å². The highest BCUT2D eigenvalue weighted by Gasteiger charge is 2.38. The van der Waals surface area contributed by atoms with Gasteiger partial charge >= 0.3 is 12.0 Å². The van der Waals surface area contributed by atoms with Crippen molar-refractivity contribution in [3.8, 4) is 11.5 Å². The molecule has 218 valence electrons. The van der Waals surface area contributed by atoms with E-state index >= 15 is 0 Å². The van der Waals surface area contributed by atoms with Crippen LogP contribution in [0.2, 0.25) is 0 Å². The van der Waals surface area contributed by atoms with Crippen molar-refractivity contribution in [2.45, 2.75) is 51.3 Å². The van der Waals surface area contributed by atoms with Crippen molar-refractivity contribution in [1.29, 1.82) is 0 Å². The number of carbonyl (C=O) groups is 2. The molecule has 4 aromatic rings. The maximum atomic E-state index is 12.8. The summed E-state index contributed by atoms with van der Waals surface area (Å²) in [4.78, 5) is 27.6. The van der Waals surface area contributed by atoms with Crippen LogP contribution < -0.4 is 14.8 Å². The highest BCUT2D eigenvalue weighted by Crippen LogP contribution is 2.29. The molecule has 4 aromatic carbocycles. The van der Waals surface area contributed by atoms with Gasteiger partial charge in [-0.1, -0.05) is 66.7 Å². The number of esters is 1. The molecule has 2 amide bonds. The first-order valence-electron chi connectivity index (χ1n) is 14.5. The molecule has 3 unspecified atom stereocenters. The van der Waals surface area contributed by atoms with Gasteiger partial charge in [0.15, 0.2) is 0 Å². The van der Waals surface area contributed by atoms with Crippen molar-refractivity contribution in [1.82, 2.24) is 10.2 Å². The third-order valence-corrected chi connectivity index (χ3v) is 7.77. The number of fused-ring (bicyclic) bond motifs is 1. The maximum Gasteiger partial charge on any atom is 0.350 e. The summed E-state index contributed by atoms with van der Waals surface area (Å²) in [5.74, 6) is 0.931. The minimum Gasteiger partial charge on any atom is -0.494 e. The van der Waals surface area contributed by atoms with Crippen LogP contribution in [0.4, 0.5) is 4.79 Å². The number of carbonyl (C=O) groups excluding carboxylic acids is 2. The third-order valence-electron chi connectivity index (χ3n) is 7.77. The number of rotatable bonds is 12. The minimum atomic E-state index is -1.17. The van der Waals surface area contributed by atoms with Crippen LogP contribution in [0.25, 0.3) is 10.8 Å². The number of ether oxygens (including phenoxy) is 3. The summed E-state index contributed by atoms with van der Waals surface area (Å²) >= 11 is 0. The second-order valence-corrected chi connectivity index (χ2v) is 10.9. The van der Waals surface area contributed by atoms with E-state index in [1.807, 2.05) is 71.6 Å². The number of amides is 2. The molecule has 0 aromatic heterocycles. The third kappa shape index (κ3) is 6.68. The Labute approximate surface area is 247 Å². The lowest BCUT2D eigenvalue weighted by atomic mass is 9.96. The van der Waals surface area contributed by atoms with Crippen LogP contribution in [0.3, 0.4) is 0 Å². The molecular weight excluding hydrogens is 528 g/mol. The monoisotopic (exact) mass is 566 g/mol. The number of urea groups is 1. The second-order valence-electron chi connectivity index (χ2n) is 10.9. The molecule has 7 nitrogen and oxygen atoms in total. The summed E-state index contributed by atoms with van der Waals surface area (Å²) in [6, 6.07) is 31.5. The largest absolute Gasteiger partial charge is 0.494 e. The topological polar surface area (TPSA) is 77.1 Å². The van der Waals surface area contributed by atoms with Gasteiger partial charge in [0.05, 0.1) is 25.3 Å². The predicted molar refractivity (Wildman–Crippen MR) is 164 cm³/mol. The number of hydrogen-bond acceptors (Lipinski definition) is 5. The number of benzene rings is 4. The Hall–Kier alpha value is -4.52. The van der Waals surface area contributed by atoms with Crippen LogP contribution in [-0.4, -0.2) is 48.3 Å². The SMILES string of the molecule is CCOC(=O)C(C)(Cc1ccc(OCCC2CNC(=O)N2C(C)c2ccc3ccccc3c2)cc1)Oc1ccccc1. The van der Waals surface area contributed by atoms with Crippen LogP contribution >= 0.6 is 0 Å². The van der Waals surface area contributed by atoms with E-state index in [0.717, 1.165) is 16.9 Å². The van der Waals surface area contributed by atoms with Crippen molar-refractivity contribution in [3.63, 3.8) is 0 Å². The van der Waals surface area contributed by atoms with E-state index in [1.54, 1.807) is 13.8 Å². The van der Waals surface area contributed by atoms with Gasteiger partial charge in [0, 0.05) is 19.4 Å². The molecule has 7 heteroatoms. The molecule has 0 spiro atoms. The fourth-order valence-electron chi connectivity index (χ4n) is 5.51. The molecule has 0 radical (unpaired) electrons. The molecule has 1 heterocycles. The zero-order valence-electron chi connectivity index (χ0n) is 24.4. The molecule has 1 aliphatic heterocycles. The Kier molecular flexibility index (Phi) is 8.96. The van der Waals surface area contributed by atoms with E-state index in [2.05, 4.69) is 42.6 Å². The molecule has 1 N–H and O–H groups in total. The Morgan fingerprint density at radius 3 is 2.40 bits per heavy atom. The molecule has 0 saturated carbocycles. The fourth-order valence-corrected chi connectivity index (χ4v) is 5.51. The van der Waals surface area contributed by atoms with Crippen LogP contribution in [-0.2, 0) is 16.0 Å². The highest BCUT2D eigenvalue weighted by molar-refractivity contribution is 5.83. The van der Waals surface area contributed by atoms with Crippen LogP contribution in [0.5, 0.6) is 11.5 Å². The van der Waals surface area contributed by atoms with E-state index in [0.29, 0.717) is 31.7 Å². The van der Waals surface area contributed by atoms with Crippen molar-refractivity contribution >= 4 is 22.8 Å². The smallest absolute Gasteiger partial charge is 0.350 e. The molecule has 0 aliphatic carbocycles. The molecule has 1 saturated heterocycles. The second kappa shape index (κ2) is 13.0. The van der Waals surface area contributed by atoms with Crippen molar-refractivity contribution in [2.75, 3.05) is 19.8 Å². The van der Waals surface area contributed by atoms with Gasteiger partial charge in [0.1, 0.15) is 11.5 Å². The van der Waals surface area contributed by atoms with Gasteiger partial charge in [-0.3, -0.25) is 0 Å². The summed E-state index contributed by atoms with van der Waals surface area (Å²) in [5, 5.41) is 5.35. The zero-order chi connectivity index (χ0) is 29.5. The minimum absolute atomic E-state index is 0.0265. The first-order chi connectivity index (χ1) is 20.4. The fraction of sp³-hybridized carbons (Fsp3) is 0.314. The van der Waals surface area contributed by atoms with Gasteiger partial charge in [-0.15, -0.1) is 0 Å². The van der Waals surface area contributed by atoms with Gasteiger partial charge in [0.25, 0.3) is 0 Å². The molecular formula is C35H38N2O5. The molecule has 1 aliphatic rings. The number of nitrogens with one attached hydrogen (secondary N) is 1. The lowest BCUT2D eigenvalue weighted by Crippen LogP contribution is -2.45. The Balaban J connectivity index is 1.19. The summed E-state index contributed by atoms with van der Waals surface area (Å²) in [5.41, 5.74) is 0.862. The van der Waals surface area contributed by atoms with E-state index in [1.165, 1.54) is 10.8 Å². The van der Waals surface area contributed by atoms with Crippen LogP contribution in [0.1, 0.15) is 44.4 Å². The first-order valence-corrected chi connectivity index (χ1v) is 14.5. The average Bonchev–Trinajstić information content (AvgIpc) is 3.37. The molecule has 5 rings (SSSR count). The van der Waals surface area contributed by atoms with Gasteiger partial charge in [-0.2, -0.15) is 0 Å². The van der Waals surface area contributed by atoms with E-state index in [9.17, 15) is 9.59 Å². The summed E-state index contributed by atoms with van der Waals surface area (Å²) in [7, 11) is 0. The zero-order valence-corrected chi connectivity index (χ0v) is 24.4. The number of hydrogen-bond donors (Lipinski definition) is 1. The highest BCUT2D eigenvalue weighted by atomic mass is 16.6. The van der Waals surface area contributed by atoms with E-state index in [-0.39, 0.29) is 24.7 Å². The Morgan fingerprint density at radius 1 is 0.952 bits per heavy atom. The van der Waals surface area contributed by atoms with Crippen molar-refractivity contribution in [3.05, 3.63) is 108 Å². The quantitative estimate of drug-likeness (QED) is 0.193. The Bertz CT molecular complexity index is 1510. The van der Waals surface area contributed by atoms with Crippen LogP contribution in [0, 0.1) is 0 Å². The van der Waals surface area contributed by atoms with E-state index < -0.39 is 11.6 Å². The van der Waals surface area contributed by atoms with Gasteiger partial charge in [-0.05, 0) is 73.0 Å². The van der Waals surface area contributed by atoms with Crippen LogP contribution in [0.15, 0.2) is 97.1 Å². The lowest BCUT2D eigenvalue weighted by Gasteiger charge is -2.30. The lowest BCUT2D eigenvalue weighted by molar-refractivity contribution is -0.160. The Morgan fingerprint density at radius 2 is 1.67 bits per heavy atom.